The molecule has 1 amide bonds. The van der Waals surface area contributed by atoms with Gasteiger partial charge in [-0.3, -0.25) is 4.79 Å². The van der Waals surface area contributed by atoms with E-state index in [1.54, 1.807) is 17.1 Å². The number of anilines is 1. The predicted octanol–water partition coefficient (Wildman–Crippen LogP) is 1.30. The molecule has 21 heavy (non-hydrogen) atoms. The molecule has 1 fully saturated rings. The summed E-state index contributed by atoms with van der Waals surface area (Å²) in [6.07, 6.45) is 3.85. The fourth-order valence-corrected chi connectivity index (χ4v) is 3.24. The molecular weight excluding hydrogens is 286 g/mol. The molecule has 1 aliphatic rings. The molecule has 0 radical (unpaired) electrons. The van der Waals surface area contributed by atoms with Crippen molar-refractivity contribution in [3.8, 4) is 5.69 Å². The van der Waals surface area contributed by atoms with E-state index >= 15 is 0 Å². The van der Waals surface area contributed by atoms with Crippen molar-refractivity contribution in [2.24, 2.45) is 0 Å². The van der Waals surface area contributed by atoms with Crippen LogP contribution in [-0.4, -0.2) is 45.0 Å². The van der Waals surface area contributed by atoms with Crippen LogP contribution >= 0.6 is 11.8 Å². The molecule has 0 bridgehead atoms. The summed E-state index contributed by atoms with van der Waals surface area (Å²) in [5.41, 5.74) is 1.56. The number of nitrogens with one attached hydrogen (secondary N) is 2. The van der Waals surface area contributed by atoms with Crippen molar-refractivity contribution in [3.05, 3.63) is 36.7 Å². The van der Waals surface area contributed by atoms with Gasteiger partial charge in [-0.05, 0) is 12.1 Å². The van der Waals surface area contributed by atoms with Crippen molar-refractivity contribution in [3.63, 3.8) is 0 Å². The zero-order valence-corrected chi connectivity index (χ0v) is 12.3. The largest absolute Gasteiger partial charge is 0.324 e. The van der Waals surface area contributed by atoms with Crippen molar-refractivity contribution >= 4 is 23.4 Å². The number of benzene rings is 1. The third kappa shape index (κ3) is 3.62. The second-order valence-corrected chi connectivity index (χ2v) is 5.99. The van der Waals surface area contributed by atoms with Gasteiger partial charge >= 0.3 is 0 Å². The SMILES string of the molecule is O=C(CC1CSCCN1)Nc1ccccc1-n1ccnn1. The molecule has 1 aromatic carbocycles. The van der Waals surface area contributed by atoms with E-state index in [9.17, 15) is 4.79 Å². The van der Waals surface area contributed by atoms with Gasteiger partial charge in [-0.15, -0.1) is 5.10 Å². The first kappa shape index (κ1) is 14.1. The lowest BCUT2D eigenvalue weighted by Gasteiger charge is -2.22. The van der Waals surface area contributed by atoms with Crippen molar-refractivity contribution in [1.29, 1.82) is 0 Å². The van der Waals surface area contributed by atoms with Gasteiger partial charge in [-0.1, -0.05) is 17.3 Å². The quantitative estimate of drug-likeness (QED) is 0.891. The predicted molar refractivity (Wildman–Crippen MR) is 83.7 cm³/mol. The van der Waals surface area contributed by atoms with Gasteiger partial charge in [0.2, 0.25) is 5.91 Å². The molecule has 0 saturated carbocycles. The summed E-state index contributed by atoms with van der Waals surface area (Å²) < 4.78 is 1.64. The van der Waals surface area contributed by atoms with Gasteiger partial charge < -0.3 is 10.6 Å². The summed E-state index contributed by atoms with van der Waals surface area (Å²) >= 11 is 1.89. The smallest absolute Gasteiger partial charge is 0.226 e. The Kier molecular flexibility index (Phi) is 4.52. The maximum atomic E-state index is 12.2. The molecule has 1 atom stereocenters. The van der Waals surface area contributed by atoms with E-state index in [4.69, 9.17) is 0 Å². The Balaban J connectivity index is 1.68. The number of nitrogens with zero attached hydrogens (tertiary/aromatic N) is 3. The van der Waals surface area contributed by atoms with Gasteiger partial charge in [0, 0.05) is 30.5 Å². The van der Waals surface area contributed by atoms with E-state index in [0.717, 1.165) is 29.4 Å². The van der Waals surface area contributed by atoms with Gasteiger partial charge in [0.05, 0.1) is 23.8 Å². The van der Waals surface area contributed by atoms with Crippen molar-refractivity contribution < 1.29 is 4.79 Å². The summed E-state index contributed by atoms with van der Waals surface area (Å²) in [5, 5.41) is 14.1. The van der Waals surface area contributed by atoms with Gasteiger partial charge in [0.25, 0.3) is 0 Å². The lowest BCUT2D eigenvalue weighted by Crippen LogP contribution is -2.39. The van der Waals surface area contributed by atoms with Crippen LogP contribution in [0.3, 0.4) is 0 Å². The van der Waals surface area contributed by atoms with E-state index in [1.165, 1.54) is 0 Å². The molecule has 1 aliphatic heterocycles. The van der Waals surface area contributed by atoms with E-state index in [1.807, 2.05) is 36.0 Å². The van der Waals surface area contributed by atoms with Crippen LogP contribution in [0, 0.1) is 0 Å². The highest BCUT2D eigenvalue weighted by atomic mass is 32.2. The normalized spacial score (nSPS) is 18.4. The summed E-state index contributed by atoms with van der Waals surface area (Å²) in [6, 6.07) is 7.83. The van der Waals surface area contributed by atoms with Gasteiger partial charge in [-0.25, -0.2) is 4.68 Å². The Bertz CT molecular complexity index is 595. The van der Waals surface area contributed by atoms with Crippen LogP contribution in [0.5, 0.6) is 0 Å². The van der Waals surface area contributed by atoms with Crippen LogP contribution in [0.25, 0.3) is 5.69 Å². The first-order valence-electron chi connectivity index (χ1n) is 6.89. The van der Waals surface area contributed by atoms with Crippen LogP contribution in [-0.2, 0) is 4.79 Å². The van der Waals surface area contributed by atoms with Crippen LogP contribution in [0.15, 0.2) is 36.7 Å². The van der Waals surface area contributed by atoms with Crippen LogP contribution in [0.1, 0.15) is 6.42 Å². The lowest BCUT2D eigenvalue weighted by atomic mass is 10.2. The summed E-state index contributed by atoms with van der Waals surface area (Å²) in [6.45, 7) is 0.970. The Hall–Kier alpha value is -1.86. The highest BCUT2D eigenvalue weighted by molar-refractivity contribution is 7.99. The molecule has 2 aromatic rings. The molecule has 7 heteroatoms. The van der Waals surface area contributed by atoms with E-state index in [0.29, 0.717) is 6.42 Å². The monoisotopic (exact) mass is 303 g/mol. The maximum absolute atomic E-state index is 12.2. The second-order valence-electron chi connectivity index (χ2n) is 4.84. The molecule has 110 valence electrons. The molecular formula is C14H17N5OS. The lowest BCUT2D eigenvalue weighted by molar-refractivity contribution is -0.116. The highest BCUT2D eigenvalue weighted by Crippen LogP contribution is 2.19. The summed E-state index contributed by atoms with van der Waals surface area (Å²) in [7, 11) is 0. The average molecular weight is 303 g/mol. The van der Waals surface area contributed by atoms with E-state index in [2.05, 4.69) is 20.9 Å². The van der Waals surface area contributed by atoms with Crippen molar-refractivity contribution in [2.45, 2.75) is 12.5 Å². The van der Waals surface area contributed by atoms with E-state index < -0.39 is 0 Å². The zero-order valence-electron chi connectivity index (χ0n) is 11.5. The molecule has 1 aromatic heterocycles. The maximum Gasteiger partial charge on any atom is 0.226 e. The minimum absolute atomic E-state index is 0.0163. The third-order valence-corrected chi connectivity index (χ3v) is 4.41. The van der Waals surface area contributed by atoms with Gasteiger partial charge in [-0.2, -0.15) is 11.8 Å². The van der Waals surface area contributed by atoms with Crippen molar-refractivity contribution in [2.75, 3.05) is 23.4 Å². The highest BCUT2D eigenvalue weighted by Gasteiger charge is 2.17. The molecule has 0 aliphatic carbocycles. The molecule has 1 unspecified atom stereocenters. The number of amides is 1. The second kappa shape index (κ2) is 6.73. The number of thioether (sulfide) groups is 1. The van der Waals surface area contributed by atoms with E-state index in [-0.39, 0.29) is 11.9 Å². The average Bonchev–Trinajstić information content (AvgIpc) is 3.03. The Morgan fingerprint density at radius 1 is 1.48 bits per heavy atom. The molecule has 0 spiro atoms. The fourth-order valence-electron chi connectivity index (χ4n) is 2.29. The third-order valence-electron chi connectivity index (χ3n) is 3.28. The number of hydrogen-bond acceptors (Lipinski definition) is 5. The number of rotatable bonds is 4. The molecule has 3 rings (SSSR count). The Morgan fingerprint density at radius 3 is 3.14 bits per heavy atom. The minimum atomic E-state index is 0.0163. The zero-order chi connectivity index (χ0) is 14.5. The van der Waals surface area contributed by atoms with Crippen molar-refractivity contribution in [1.82, 2.24) is 20.3 Å². The molecule has 1 saturated heterocycles. The molecule has 2 N–H and O–H groups in total. The summed E-state index contributed by atoms with van der Waals surface area (Å²) in [5.74, 6) is 2.12. The number of carbonyl (C=O) groups excluding carboxylic acids is 1. The number of para-hydroxylation sites is 2. The fraction of sp³-hybridized carbons (Fsp3) is 0.357. The van der Waals surface area contributed by atoms with Gasteiger partial charge in [0.15, 0.2) is 0 Å². The molecule has 6 nitrogen and oxygen atoms in total. The number of carbonyl (C=O) groups is 1. The molecule has 2 heterocycles. The topological polar surface area (TPSA) is 71.8 Å². The van der Waals surface area contributed by atoms with Gasteiger partial charge in [0.1, 0.15) is 0 Å². The number of aromatic nitrogens is 3. The number of hydrogen-bond donors (Lipinski definition) is 2. The van der Waals surface area contributed by atoms with Crippen LogP contribution < -0.4 is 10.6 Å². The van der Waals surface area contributed by atoms with Crippen LogP contribution in [0.2, 0.25) is 0 Å². The Labute approximate surface area is 127 Å². The standard InChI is InChI=1S/C14H17N5OS/c20-14(9-11-10-21-8-6-15-11)17-12-3-1-2-4-13(12)19-7-5-16-18-19/h1-5,7,11,15H,6,8-10H2,(H,17,20). The first-order valence-corrected chi connectivity index (χ1v) is 8.05. The first-order chi connectivity index (χ1) is 10.3. The Morgan fingerprint density at radius 2 is 2.38 bits per heavy atom. The van der Waals surface area contributed by atoms with Crippen LogP contribution in [0.4, 0.5) is 5.69 Å². The minimum Gasteiger partial charge on any atom is -0.324 e. The summed E-state index contributed by atoms with van der Waals surface area (Å²) in [4.78, 5) is 12.2.